The molecule has 1 aromatic carbocycles. The van der Waals surface area contributed by atoms with Crippen LogP contribution < -0.4 is 10.5 Å². The van der Waals surface area contributed by atoms with Gasteiger partial charge in [-0.15, -0.1) is 0 Å². The van der Waals surface area contributed by atoms with Crippen molar-refractivity contribution in [3.8, 4) is 0 Å². The predicted octanol–water partition coefficient (Wildman–Crippen LogP) is 1.55. The molecular weight excluding hydrogens is 364 g/mol. The Morgan fingerprint density at radius 1 is 1.12 bits per heavy atom. The summed E-state index contributed by atoms with van der Waals surface area (Å²) in [5, 5.41) is 7.30. The number of nitrogens with zero attached hydrogens (tertiary/aromatic N) is 3. The Morgan fingerprint density at radius 3 is 2.48 bits per heavy atom. The average molecular weight is 381 g/mol. The van der Waals surface area contributed by atoms with E-state index in [1.807, 2.05) is 35.2 Å². The Labute approximate surface area is 150 Å². The summed E-state index contributed by atoms with van der Waals surface area (Å²) < 4.78 is 26.3. The van der Waals surface area contributed by atoms with Gasteiger partial charge in [0.05, 0.1) is 11.9 Å². The fourth-order valence-corrected chi connectivity index (χ4v) is 3.98. The first-order chi connectivity index (χ1) is 12.0. The summed E-state index contributed by atoms with van der Waals surface area (Å²) in [6.45, 7) is 1.49. The Bertz CT molecular complexity index is 920. The van der Waals surface area contributed by atoms with E-state index in [0.29, 0.717) is 31.9 Å². The first kappa shape index (κ1) is 17.7. The number of piperazine rings is 1. The fourth-order valence-electron chi connectivity index (χ4n) is 2.59. The van der Waals surface area contributed by atoms with Crippen molar-refractivity contribution in [1.29, 1.82) is 0 Å². The normalized spacial score (nSPS) is 16.4. The van der Waals surface area contributed by atoms with Gasteiger partial charge >= 0.3 is 0 Å². The monoisotopic (exact) mass is 380 g/mol. The van der Waals surface area contributed by atoms with Gasteiger partial charge in [-0.3, -0.25) is 4.79 Å². The molecule has 0 unspecified atom stereocenters. The van der Waals surface area contributed by atoms with Crippen LogP contribution in [0.3, 0.4) is 0 Å². The van der Waals surface area contributed by atoms with E-state index in [1.165, 1.54) is 15.9 Å². The molecule has 25 heavy (non-hydrogen) atoms. The molecule has 1 fully saturated rings. The Hall–Kier alpha value is -2.16. The van der Waals surface area contributed by atoms with Gasteiger partial charge in [-0.1, -0.05) is 41.9 Å². The lowest BCUT2D eigenvalue weighted by molar-refractivity contribution is 0.390. The summed E-state index contributed by atoms with van der Waals surface area (Å²) in [4.78, 5) is 13.4. The molecule has 132 valence electrons. The van der Waals surface area contributed by atoms with Gasteiger partial charge in [0.15, 0.2) is 0 Å². The van der Waals surface area contributed by atoms with E-state index in [2.05, 4.69) is 10.2 Å². The second-order valence-corrected chi connectivity index (χ2v) is 7.74. The molecule has 1 aliphatic rings. The molecule has 2 aromatic rings. The molecule has 0 radical (unpaired) electrons. The Balaban J connectivity index is 1.68. The van der Waals surface area contributed by atoms with Crippen molar-refractivity contribution in [3.63, 3.8) is 0 Å². The molecular formula is C16H17ClN4O3S. The van der Waals surface area contributed by atoms with Crippen molar-refractivity contribution in [2.45, 2.75) is 0 Å². The van der Waals surface area contributed by atoms with Crippen LogP contribution in [0.2, 0.25) is 5.02 Å². The summed E-state index contributed by atoms with van der Waals surface area (Å²) in [7, 11) is -3.50. The van der Waals surface area contributed by atoms with Crippen LogP contribution in [0, 0.1) is 0 Å². The van der Waals surface area contributed by atoms with Crippen molar-refractivity contribution in [1.82, 2.24) is 14.5 Å². The molecule has 1 N–H and O–H groups in total. The predicted molar refractivity (Wildman–Crippen MR) is 98.0 cm³/mol. The minimum absolute atomic E-state index is 0.0651. The van der Waals surface area contributed by atoms with Gasteiger partial charge < -0.3 is 4.90 Å². The first-order valence-corrected chi connectivity index (χ1v) is 9.57. The summed E-state index contributed by atoms with van der Waals surface area (Å²) in [6.07, 6.45) is 3.06. The topological polar surface area (TPSA) is 86.4 Å². The van der Waals surface area contributed by atoms with Crippen molar-refractivity contribution >= 4 is 33.4 Å². The zero-order valence-electron chi connectivity index (χ0n) is 13.3. The summed E-state index contributed by atoms with van der Waals surface area (Å²) in [5.74, 6) is 0. The quantitative estimate of drug-likeness (QED) is 0.869. The van der Waals surface area contributed by atoms with Gasteiger partial charge in [-0.05, 0) is 11.6 Å². The number of H-pyrrole nitrogens is 1. The SMILES string of the molecule is O=c1[nH]ncc(N2CCN(S(=O)(=O)/C=C/c3ccccc3)CC2)c1Cl. The summed E-state index contributed by atoms with van der Waals surface area (Å²) in [6, 6.07) is 9.26. The lowest BCUT2D eigenvalue weighted by Gasteiger charge is -2.34. The number of halogens is 1. The number of hydrogen-bond donors (Lipinski definition) is 1. The van der Waals surface area contributed by atoms with Crippen LogP contribution in [0.25, 0.3) is 6.08 Å². The highest BCUT2D eigenvalue weighted by molar-refractivity contribution is 7.92. The zero-order chi connectivity index (χ0) is 17.9. The number of aromatic amines is 1. The van der Waals surface area contributed by atoms with Crippen LogP contribution in [0.4, 0.5) is 5.69 Å². The van der Waals surface area contributed by atoms with Crippen molar-refractivity contribution in [2.24, 2.45) is 0 Å². The molecule has 7 nitrogen and oxygen atoms in total. The maximum Gasteiger partial charge on any atom is 0.285 e. The molecule has 1 saturated heterocycles. The number of nitrogens with one attached hydrogen (secondary N) is 1. The Morgan fingerprint density at radius 2 is 1.80 bits per heavy atom. The highest BCUT2D eigenvalue weighted by atomic mass is 35.5. The Kier molecular flexibility index (Phi) is 5.22. The van der Waals surface area contributed by atoms with Gasteiger partial charge in [0.2, 0.25) is 10.0 Å². The molecule has 9 heteroatoms. The lowest BCUT2D eigenvalue weighted by atomic mass is 10.2. The van der Waals surface area contributed by atoms with E-state index in [0.717, 1.165) is 5.56 Å². The van der Waals surface area contributed by atoms with E-state index in [9.17, 15) is 13.2 Å². The molecule has 2 heterocycles. The number of rotatable bonds is 4. The molecule has 1 aliphatic heterocycles. The molecule has 0 amide bonds. The van der Waals surface area contributed by atoms with E-state index < -0.39 is 15.6 Å². The number of benzene rings is 1. The van der Waals surface area contributed by atoms with E-state index >= 15 is 0 Å². The van der Waals surface area contributed by atoms with Gasteiger partial charge in [0.25, 0.3) is 5.56 Å². The summed E-state index contributed by atoms with van der Waals surface area (Å²) >= 11 is 6.00. The van der Waals surface area contributed by atoms with Crippen LogP contribution >= 0.6 is 11.6 Å². The van der Waals surface area contributed by atoms with Gasteiger partial charge in [0, 0.05) is 31.6 Å². The van der Waals surface area contributed by atoms with Crippen molar-refractivity contribution in [2.75, 3.05) is 31.1 Å². The van der Waals surface area contributed by atoms with Crippen molar-refractivity contribution < 1.29 is 8.42 Å². The maximum atomic E-state index is 12.5. The van der Waals surface area contributed by atoms with Gasteiger partial charge in [0.1, 0.15) is 5.02 Å². The second-order valence-electron chi connectivity index (χ2n) is 5.54. The van der Waals surface area contributed by atoms with Crippen LogP contribution in [-0.4, -0.2) is 49.1 Å². The van der Waals surface area contributed by atoms with Gasteiger partial charge in [-0.2, -0.15) is 9.40 Å². The molecule has 0 atom stereocenters. The second kappa shape index (κ2) is 7.38. The smallest absolute Gasteiger partial charge is 0.285 e. The average Bonchev–Trinajstić information content (AvgIpc) is 2.63. The number of hydrogen-bond acceptors (Lipinski definition) is 5. The number of aromatic nitrogens is 2. The molecule has 0 spiro atoms. The van der Waals surface area contributed by atoms with Crippen LogP contribution in [0.1, 0.15) is 5.56 Å². The van der Waals surface area contributed by atoms with E-state index in [1.54, 1.807) is 6.08 Å². The largest absolute Gasteiger partial charge is 0.366 e. The zero-order valence-corrected chi connectivity index (χ0v) is 14.9. The highest BCUT2D eigenvalue weighted by Gasteiger charge is 2.26. The number of sulfonamides is 1. The third-order valence-electron chi connectivity index (χ3n) is 3.95. The van der Waals surface area contributed by atoms with Crippen LogP contribution in [0.15, 0.2) is 46.7 Å². The molecule has 3 rings (SSSR count). The van der Waals surface area contributed by atoms with E-state index in [-0.39, 0.29) is 5.02 Å². The molecule has 0 aliphatic carbocycles. The maximum absolute atomic E-state index is 12.5. The fraction of sp³-hybridized carbons (Fsp3) is 0.250. The molecule has 0 saturated carbocycles. The van der Waals surface area contributed by atoms with Crippen molar-refractivity contribution in [3.05, 3.63) is 62.9 Å². The minimum Gasteiger partial charge on any atom is -0.366 e. The third kappa shape index (κ3) is 4.09. The van der Waals surface area contributed by atoms with Crippen LogP contribution in [0.5, 0.6) is 0 Å². The lowest BCUT2D eigenvalue weighted by Crippen LogP contribution is -2.48. The molecule has 1 aromatic heterocycles. The number of anilines is 1. The first-order valence-electron chi connectivity index (χ1n) is 7.69. The van der Waals surface area contributed by atoms with Crippen LogP contribution in [-0.2, 0) is 10.0 Å². The molecule has 0 bridgehead atoms. The highest BCUT2D eigenvalue weighted by Crippen LogP contribution is 2.22. The minimum atomic E-state index is -3.50. The van der Waals surface area contributed by atoms with Gasteiger partial charge in [-0.25, -0.2) is 13.5 Å². The van der Waals surface area contributed by atoms with E-state index in [4.69, 9.17) is 11.6 Å². The third-order valence-corrected chi connectivity index (χ3v) is 5.88. The standard InChI is InChI=1S/C16H17ClN4O3S/c17-15-14(12-18-19-16(15)22)20-7-9-21(10-8-20)25(23,24)11-6-13-4-2-1-3-5-13/h1-6,11-12H,7-10H2,(H,19,22)/b11-6+. The summed E-state index contributed by atoms with van der Waals surface area (Å²) in [5.41, 5.74) is 0.883.